The van der Waals surface area contributed by atoms with Gasteiger partial charge < -0.3 is 4.74 Å². The minimum Gasteiger partial charge on any atom is -0.496 e. The maximum absolute atomic E-state index is 12.3. The van der Waals surface area contributed by atoms with Crippen molar-refractivity contribution in [3.63, 3.8) is 0 Å². The smallest absolute Gasteiger partial charge is 0.166 e. The molecule has 0 saturated carbocycles. The molecule has 1 saturated heterocycles. The van der Waals surface area contributed by atoms with E-state index >= 15 is 0 Å². The molecule has 0 amide bonds. The van der Waals surface area contributed by atoms with Crippen LogP contribution in [0.3, 0.4) is 0 Å². The van der Waals surface area contributed by atoms with E-state index in [2.05, 4.69) is 20.8 Å². The number of ether oxygens (including phenoxy) is 1. The number of nitrogens with zero attached hydrogens (tertiary/aromatic N) is 1. The number of thioether (sulfide) groups is 1. The minimum atomic E-state index is -3.07. The fraction of sp³-hybridized carbons (Fsp3) is 0.571. The Morgan fingerprint density at radius 3 is 2.90 bits per heavy atom. The zero-order valence-electron chi connectivity index (χ0n) is 12.2. The Morgan fingerprint density at radius 1 is 1.48 bits per heavy atom. The fourth-order valence-electron chi connectivity index (χ4n) is 2.41. The van der Waals surface area contributed by atoms with E-state index in [1.165, 1.54) is 0 Å². The average molecular weight is 394 g/mol. The molecular weight excluding hydrogens is 374 g/mol. The summed E-state index contributed by atoms with van der Waals surface area (Å²) in [6, 6.07) is 5.83. The summed E-state index contributed by atoms with van der Waals surface area (Å²) in [5.74, 6) is 2.59. The van der Waals surface area contributed by atoms with Gasteiger partial charge in [-0.1, -0.05) is 22.9 Å². The van der Waals surface area contributed by atoms with Crippen LogP contribution < -0.4 is 4.74 Å². The predicted molar refractivity (Wildman–Crippen MR) is 91.7 cm³/mol. The maximum Gasteiger partial charge on any atom is 0.166 e. The van der Waals surface area contributed by atoms with E-state index in [4.69, 9.17) is 4.74 Å². The van der Waals surface area contributed by atoms with Gasteiger partial charge in [0, 0.05) is 40.4 Å². The van der Waals surface area contributed by atoms with Gasteiger partial charge >= 0.3 is 0 Å². The summed E-state index contributed by atoms with van der Waals surface area (Å²) >= 11 is 5.17. The molecule has 4 nitrogen and oxygen atoms in total. The van der Waals surface area contributed by atoms with Crippen LogP contribution in [0.4, 0.5) is 0 Å². The molecule has 2 rings (SSSR count). The van der Waals surface area contributed by atoms with Gasteiger partial charge in [-0.2, -0.15) is 11.8 Å². The summed E-state index contributed by atoms with van der Waals surface area (Å²) < 4.78 is 30.9. The number of halogens is 1. The highest BCUT2D eigenvalue weighted by molar-refractivity contribution is 9.10. The van der Waals surface area contributed by atoms with Gasteiger partial charge in [-0.3, -0.25) is 4.90 Å². The zero-order valence-corrected chi connectivity index (χ0v) is 15.4. The normalized spacial score (nSPS) is 20.4. The van der Waals surface area contributed by atoms with Crippen LogP contribution in [0.2, 0.25) is 0 Å². The molecule has 1 aromatic carbocycles. The van der Waals surface area contributed by atoms with Crippen molar-refractivity contribution < 1.29 is 13.2 Å². The van der Waals surface area contributed by atoms with Crippen molar-refractivity contribution in [3.8, 4) is 5.75 Å². The molecule has 7 heteroatoms. The third-order valence-electron chi connectivity index (χ3n) is 3.62. The number of methoxy groups -OCH3 is 1. The summed E-state index contributed by atoms with van der Waals surface area (Å²) in [7, 11) is -1.43. The van der Waals surface area contributed by atoms with Gasteiger partial charge in [0.05, 0.1) is 7.11 Å². The van der Waals surface area contributed by atoms with Gasteiger partial charge in [-0.25, -0.2) is 8.42 Å². The summed E-state index contributed by atoms with van der Waals surface area (Å²) in [6.45, 7) is 3.09. The maximum atomic E-state index is 12.3. The van der Waals surface area contributed by atoms with E-state index in [9.17, 15) is 8.42 Å². The van der Waals surface area contributed by atoms with Gasteiger partial charge in [-0.15, -0.1) is 0 Å². The van der Waals surface area contributed by atoms with Crippen molar-refractivity contribution in [1.29, 1.82) is 0 Å². The first-order chi connectivity index (χ1) is 9.97. The molecule has 0 N–H and O–H groups in total. The van der Waals surface area contributed by atoms with E-state index in [1.54, 1.807) is 25.8 Å². The van der Waals surface area contributed by atoms with Gasteiger partial charge in [0.25, 0.3) is 0 Å². The standard InChI is InChI=1S/C14H20BrNO3S2/c1-3-21(17,18)14-10-20-7-6-16(14)9-11-8-12(15)4-5-13(11)19-2/h4-5,8,14H,3,6-7,9-10H2,1-2H3. The Labute approximate surface area is 139 Å². The Hall–Kier alpha value is -0.240. The predicted octanol–water partition coefficient (Wildman–Crippen LogP) is 2.77. The van der Waals surface area contributed by atoms with Crippen LogP contribution in [0.1, 0.15) is 12.5 Å². The lowest BCUT2D eigenvalue weighted by Crippen LogP contribution is -2.47. The Kier molecular flexibility index (Phi) is 5.99. The van der Waals surface area contributed by atoms with Crippen molar-refractivity contribution in [2.45, 2.75) is 18.8 Å². The minimum absolute atomic E-state index is 0.185. The van der Waals surface area contributed by atoms with Crippen molar-refractivity contribution in [1.82, 2.24) is 4.90 Å². The molecule has 0 aliphatic carbocycles. The third-order valence-corrected chi connectivity index (χ3v) is 7.45. The monoisotopic (exact) mass is 393 g/mol. The molecular formula is C14H20BrNO3S2. The lowest BCUT2D eigenvalue weighted by atomic mass is 10.2. The lowest BCUT2D eigenvalue weighted by molar-refractivity contribution is 0.257. The molecule has 118 valence electrons. The van der Waals surface area contributed by atoms with E-state index in [0.717, 1.165) is 28.1 Å². The first-order valence-corrected chi connectivity index (χ1v) is 10.5. The number of benzene rings is 1. The molecule has 0 radical (unpaired) electrons. The van der Waals surface area contributed by atoms with Gasteiger partial charge in [-0.05, 0) is 18.2 Å². The molecule has 21 heavy (non-hydrogen) atoms. The van der Waals surface area contributed by atoms with Crippen molar-refractivity contribution in [3.05, 3.63) is 28.2 Å². The second kappa shape index (κ2) is 7.35. The van der Waals surface area contributed by atoms with Crippen molar-refractivity contribution in [2.75, 3.05) is 30.9 Å². The van der Waals surface area contributed by atoms with E-state index in [1.807, 2.05) is 18.2 Å². The van der Waals surface area contributed by atoms with Gasteiger partial charge in [0.1, 0.15) is 11.1 Å². The summed E-state index contributed by atoms with van der Waals surface area (Å²) in [5, 5.41) is -0.398. The number of hydrogen-bond donors (Lipinski definition) is 0. The molecule has 0 aromatic heterocycles. The quantitative estimate of drug-likeness (QED) is 0.769. The third kappa shape index (κ3) is 4.15. The SMILES string of the molecule is CCS(=O)(=O)C1CSCCN1Cc1cc(Br)ccc1OC. The van der Waals surface area contributed by atoms with Crippen LogP contribution in [-0.4, -0.2) is 49.6 Å². The number of sulfone groups is 1. The lowest BCUT2D eigenvalue weighted by Gasteiger charge is -2.34. The van der Waals surface area contributed by atoms with Crippen LogP contribution in [-0.2, 0) is 16.4 Å². The Bertz CT molecular complexity index is 592. The topological polar surface area (TPSA) is 46.6 Å². The van der Waals surface area contributed by atoms with Crippen LogP contribution in [0, 0.1) is 0 Å². The first kappa shape index (κ1) is 17.1. The molecule has 1 aliphatic rings. The van der Waals surface area contributed by atoms with Gasteiger partial charge in [0.15, 0.2) is 9.84 Å². The first-order valence-electron chi connectivity index (χ1n) is 6.83. The molecule has 1 heterocycles. The Balaban J connectivity index is 2.26. The average Bonchev–Trinajstić information content (AvgIpc) is 2.48. The van der Waals surface area contributed by atoms with Crippen LogP contribution in [0.25, 0.3) is 0 Å². The summed E-state index contributed by atoms with van der Waals surface area (Å²) in [4.78, 5) is 2.06. The van der Waals surface area contributed by atoms with Crippen molar-refractivity contribution >= 4 is 37.5 Å². The second-order valence-electron chi connectivity index (χ2n) is 4.91. The fourth-order valence-corrected chi connectivity index (χ4v) is 5.90. The molecule has 1 unspecified atom stereocenters. The van der Waals surface area contributed by atoms with Crippen LogP contribution in [0.5, 0.6) is 5.75 Å². The van der Waals surface area contributed by atoms with Gasteiger partial charge in [0.2, 0.25) is 0 Å². The number of rotatable bonds is 5. The van der Waals surface area contributed by atoms with Crippen LogP contribution in [0.15, 0.2) is 22.7 Å². The molecule has 0 spiro atoms. The molecule has 1 atom stereocenters. The zero-order chi connectivity index (χ0) is 15.5. The Morgan fingerprint density at radius 2 is 2.24 bits per heavy atom. The van der Waals surface area contributed by atoms with E-state index in [-0.39, 0.29) is 5.75 Å². The highest BCUT2D eigenvalue weighted by Gasteiger charge is 2.33. The summed E-state index contributed by atoms with van der Waals surface area (Å²) in [6.07, 6.45) is 0. The summed E-state index contributed by atoms with van der Waals surface area (Å²) in [5.41, 5.74) is 1.01. The molecule has 1 aliphatic heterocycles. The van der Waals surface area contributed by atoms with Crippen LogP contribution >= 0.6 is 27.7 Å². The number of hydrogen-bond acceptors (Lipinski definition) is 5. The molecule has 0 bridgehead atoms. The highest BCUT2D eigenvalue weighted by Crippen LogP contribution is 2.28. The van der Waals surface area contributed by atoms with Crippen molar-refractivity contribution in [2.24, 2.45) is 0 Å². The van der Waals surface area contributed by atoms with E-state index in [0.29, 0.717) is 12.3 Å². The van der Waals surface area contributed by atoms with E-state index < -0.39 is 15.2 Å². The highest BCUT2D eigenvalue weighted by atomic mass is 79.9. The molecule has 1 aromatic rings. The second-order valence-corrected chi connectivity index (χ2v) is 9.42. The largest absolute Gasteiger partial charge is 0.496 e. The molecule has 1 fully saturated rings.